The average Bonchev–Trinajstić information content (AvgIpc) is 3.12. The van der Waals surface area contributed by atoms with Gasteiger partial charge in [-0.2, -0.15) is 0 Å². The summed E-state index contributed by atoms with van der Waals surface area (Å²) in [4.78, 5) is 30.0. The molecule has 2 aliphatic rings. The number of rotatable bonds is 5. The summed E-state index contributed by atoms with van der Waals surface area (Å²) in [6.45, 7) is 1.32. The fourth-order valence-electron chi connectivity index (χ4n) is 3.82. The van der Waals surface area contributed by atoms with Crippen molar-refractivity contribution in [1.82, 2.24) is 9.80 Å². The molecule has 1 heterocycles. The van der Waals surface area contributed by atoms with Crippen molar-refractivity contribution in [2.24, 2.45) is 5.73 Å². The summed E-state index contributed by atoms with van der Waals surface area (Å²) in [7, 11) is 1.92. The Kier molecular flexibility index (Phi) is 6.59. The minimum Gasteiger partial charge on any atom is -0.342 e. The van der Waals surface area contributed by atoms with Gasteiger partial charge in [-0.3, -0.25) is 9.59 Å². The minimum atomic E-state index is 0.0223. The molecule has 5 nitrogen and oxygen atoms in total. The van der Waals surface area contributed by atoms with E-state index in [9.17, 15) is 9.59 Å². The number of carbonyl (C=O) groups is 2. The first kappa shape index (κ1) is 19.2. The summed E-state index contributed by atoms with van der Waals surface area (Å²) in [6.07, 6.45) is 6.78. The molecule has 2 N–H and O–H groups in total. The third-order valence-corrected chi connectivity index (χ3v) is 6.55. The number of nitrogens with two attached hydrogens (primary N) is 1. The molecule has 1 saturated heterocycles. The number of carbonyl (C=O) groups excluding carboxylic acids is 2. The van der Waals surface area contributed by atoms with Crippen LogP contribution in [0.2, 0.25) is 0 Å². The molecule has 26 heavy (non-hydrogen) atoms. The standard InChI is InChI=1S/C20H29N3O2S/c1-22(16-7-3-2-4-8-16)19(24)14-26-18-10-6-5-9-17(18)20(25)23-12-11-15(21)13-23/h5-6,9-10,15-16H,2-4,7-8,11-14,21H2,1H3/t15-/m1/s1. The minimum absolute atomic E-state index is 0.0223. The molecule has 1 atom stereocenters. The molecule has 2 fully saturated rings. The molecule has 1 aromatic rings. The number of amides is 2. The van der Waals surface area contributed by atoms with Crippen molar-refractivity contribution in [2.45, 2.75) is 55.5 Å². The molecule has 6 heteroatoms. The maximum atomic E-state index is 12.8. The van der Waals surface area contributed by atoms with Crippen molar-refractivity contribution in [3.05, 3.63) is 29.8 Å². The lowest BCUT2D eigenvalue weighted by molar-refractivity contribution is -0.129. The van der Waals surface area contributed by atoms with Gasteiger partial charge in [-0.15, -0.1) is 11.8 Å². The van der Waals surface area contributed by atoms with Crippen LogP contribution in [0.3, 0.4) is 0 Å². The normalized spacial score (nSPS) is 21.0. The second kappa shape index (κ2) is 8.91. The molecule has 1 aliphatic carbocycles. The van der Waals surface area contributed by atoms with E-state index in [2.05, 4.69) is 0 Å². The van der Waals surface area contributed by atoms with Crippen molar-refractivity contribution in [3.63, 3.8) is 0 Å². The predicted octanol–water partition coefficient (Wildman–Crippen LogP) is 2.74. The number of benzene rings is 1. The highest BCUT2D eigenvalue weighted by Crippen LogP contribution is 2.27. The summed E-state index contributed by atoms with van der Waals surface area (Å²) in [6, 6.07) is 8.03. The summed E-state index contributed by atoms with van der Waals surface area (Å²) < 4.78 is 0. The Morgan fingerprint density at radius 1 is 1.19 bits per heavy atom. The Hall–Kier alpha value is -1.53. The van der Waals surface area contributed by atoms with E-state index in [0.717, 1.165) is 24.2 Å². The van der Waals surface area contributed by atoms with Gasteiger partial charge in [-0.1, -0.05) is 31.4 Å². The van der Waals surface area contributed by atoms with Gasteiger partial charge >= 0.3 is 0 Å². The number of hydrogen-bond donors (Lipinski definition) is 1. The monoisotopic (exact) mass is 375 g/mol. The van der Waals surface area contributed by atoms with Gasteiger partial charge in [0.25, 0.3) is 5.91 Å². The molecule has 1 aromatic carbocycles. The number of thioether (sulfide) groups is 1. The topological polar surface area (TPSA) is 66.6 Å². The number of nitrogens with zero attached hydrogens (tertiary/aromatic N) is 2. The van der Waals surface area contributed by atoms with Gasteiger partial charge in [0.1, 0.15) is 0 Å². The lowest BCUT2D eigenvalue weighted by Gasteiger charge is -2.31. The van der Waals surface area contributed by atoms with Gasteiger partial charge in [0, 0.05) is 37.1 Å². The van der Waals surface area contributed by atoms with Gasteiger partial charge in [0.05, 0.1) is 11.3 Å². The molecule has 142 valence electrons. The van der Waals surface area contributed by atoms with E-state index in [1.807, 2.05) is 41.1 Å². The van der Waals surface area contributed by atoms with Crippen LogP contribution in [0.5, 0.6) is 0 Å². The van der Waals surface area contributed by atoms with Crippen molar-refractivity contribution in [3.8, 4) is 0 Å². The second-order valence-corrected chi connectivity index (χ2v) is 8.40. The van der Waals surface area contributed by atoms with E-state index in [1.165, 1.54) is 31.0 Å². The molecule has 0 radical (unpaired) electrons. The van der Waals surface area contributed by atoms with Gasteiger partial charge in [0.2, 0.25) is 5.91 Å². The van der Waals surface area contributed by atoms with Crippen LogP contribution < -0.4 is 5.73 Å². The van der Waals surface area contributed by atoms with Gasteiger partial charge in [0.15, 0.2) is 0 Å². The SMILES string of the molecule is CN(C(=O)CSc1ccccc1C(=O)N1CC[C@@H](N)C1)C1CCCCC1. The van der Waals surface area contributed by atoms with Gasteiger partial charge in [-0.05, 0) is 31.4 Å². The van der Waals surface area contributed by atoms with Crippen LogP contribution in [0.1, 0.15) is 48.9 Å². The Bertz CT molecular complexity index is 646. The highest BCUT2D eigenvalue weighted by Gasteiger charge is 2.27. The van der Waals surface area contributed by atoms with E-state index in [-0.39, 0.29) is 17.9 Å². The molecule has 2 amide bonds. The largest absolute Gasteiger partial charge is 0.342 e. The van der Waals surface area contributed by atoms with Gasteiger partial charge < -0.3 is 15.5 Å². The quantitative estimate of drug-likeness (QED) is 0.804. The van der Waals surface area contributed by atoms with Crippen LogP contribution in [0.15, 0.2) is 29.2 Å². The molecular formula is C20H29N3O2S. The number of hydrogen-bond acceptors (Lipinski definition) is 4. The molecule has 0 aromatic heterocycles. The summed E-state index contributed by atoms with van der Waals surface area (Å²) >= 11 is 1.47. The van der Waals surface area contributed by atoms with Crippen molar-refractivity contribution >= 4 is 23.6 Å². The third kappa shape index (κ3) is 4.60. The summed E-state index contributed by atoms with van der Waals surface area (Å²) in [5.41, 5.74) is 6.61. The second-order valence-electron chi connectivity index (χ2n) is 7.38. The highest BCUT2D eigenvalue weighted by molar-refractivity contribution is 8.00. The molecule has 0 unspecified atom stereocenters. The Balaban J connectivity index is 1.61. The van der Waals surface area contributed by atoms with Crippen LogP contribution in [0.4, 0.5) is 0 Å². The van der Waals surface area contributed by atoms with Gasteiger partial charge in [-0.25, -0.2) is 0 Å². The van der Waals surface area contributed by atoms with Crippen LogP contribution >= 0.6 is 11.8 Å². The molecule has 0 bridgehead atoms. The lowest BCUT2D eigenvalue weighted by Crippen LogP contribution is -2.39. The van der Waals surface area contributed by atoms with Crippen molar-refractivity contribution < 1.29 is 9.59 Å². The maximum Gasteiger partial charge on any atom is 0.255 e. The first-order valence-electron chi connectivity index (χ1n) is 9.58. The fraction of sp³-hybridized carbons (Fsp3) is 0.600. The zero-order chi connectivity index (χ0) is 18.5. The summed E-state index contributed by atoms with van der Waals surface area (Å²) in [5.74, 6) is 0.540. The van der Waals surface area contributed by atoms with Crippen LogP contribution in [-0.4, -0.2) is 59.6 Å². The van der Waals surface area contributed by atoms with E-state index in [0.29, 0.717) is 30.4 Å². The first-order chi connectivity index (χ1) is 12.6. The van der Waals surface area contributed by atoms with E-state index in [4.69, 9.17) is 5.73 Å². The Morgan fingerprint density at radius 2 is 1.92 bits per heavy atom. The van der Waals surface area contributed by atoms with Crippen molar-refractivity contribution in [1.29, 1.82) is 0 Å². The molecular weight excluding hydrogens is 346 g/mol. The highest BCUT2D eigenvalue weighted by atomic mass is 32.2. The lowest BCUT2D eigenvalue weighted by atomic mass is 9.94. The first-order valence-corrected chi connectivity index (χ1v) is 10.6. The molecule has 3 rings (SSSR count). The van der Waals surface area contributed by atoms with Crippen LogP contribution in [-0.2, 0) is 4.79 Å². The fourth-order valence-corrected chi connectivity index (χ4v) is 4.79. The Labute approximate surface area is 160 Å². The summed E-state index contributed by atoms with van der Waals surface area (Å²) in [5, 5.41) is 0. The average molecular weight is 376 g/mol. The Morgan fingerprint density at radius 3 is 2.62 bits per heavy atom. The van der Waals surface area contributed by atoms with E-state index in [1.54, 1.807) is 0 Å². The number of likely N-dealkylation sites (tertiary alicyclic amines) is 1. The molecule has 1 saturated carbocycles. The van der Waals surface area contributed by atoms with Crippen molar-refractivity contribution in [2.75, 3.05) is 25.9 Å². The maximum absolute atomic E-state index is 12.8. The molecule has 0 spiro atoms. The van der Waals surface area contributed by atoms with Crippen LogP contribution in [0, 0.1) is 0 Å². The van der Waals surface area contributed by atoms with Crippen LogP contribution in [0.25, 0.3) is 0 Å². The zero-order valence-electron chi connectivity index (χ0n) is 15.5. The molecule has 1 aliphatic heterocycles. The zero-order valence-corrected chi connectivity index (χ0v) is 16.3. The predicted molar refractivity (Wildman–Crippen MR) is 105 cm³/mol. The smallest absolute Gasteiger partial charge is 0.255 e. The van der Waals surface area contributed by atoms with E-state index < -0.39 is 0 Å². The van der Waals surface area contributed by atoms with E-state index >= 15 is 0 Å². The third-order valence-electron chi connectivity index (χ3n) is 5.50.